The normalized spacial score (nSPS) is 12.6. The van der Waals surface area contributed by atoms with Crippen molar-refractivity contribution in [2.24, 2.45) is 0 Å². The molecule has 4 nitrogen and oxygen atoms in total. The Morgan fingerprint density at radius 2 is 1.42 bits per heavy atom. The molecule has 2 atom stereocenters. The second kappa shape index (κ2) is 13.1. The maximum absolute atomic E-state index is 12.9. The molecule has 0 radical (unpaired) electrons. The van der Waals surface area contributed by atoms with Crippen LogP contribution in [0.25, 0.3) is 10.5 Å². The van der Waals surface area contributed by atoms with E-state index in [1.165, 1.54) is 0 Å². The summed E-state index contributed by atoms with van der Waals surface area (Å²) in [5.41, 5.74) is 12.8. The van der Waals surface area contributed by atoms with E-state index in [1.54, 1.807) is 0 Å². The first-order valence-electron chi connectivity index (χ1n) is 9.31. The molecule has 0 aliphatic carbocycles. The summed E-state index contributed by atoms with van der Waals surface area (Å²) < 4.78 is 30.1. The van der Waals surface area contributed by atoms with Gasteiger partial charge in [-0.05, 0) is 25.0 Å². The zero-order chi connectivity index (χ0) is 22.1. The number of rotatable bonds is 7. The Balaban J connectivity index is 0.00000156. The monoisotopic (exact) mass is 544 g/mol. The van der Waals surface area contributed by atoms with Gasteiger partial charge in [-0.1, -0.05) is 95.6 Å². The quantitative estimate of drug-likeness (QED) is 0.234. The minimum atomic E-state index is -3.77. The average Bonchev–Trinajstić information content (AvgIpc) is 2.76. The Labute approximate surface area is 201 Å². The molecule has 0 spiro atoms. The van der Waals surface area contributed by atoms with Crippen molar-refractivity contribution in [1.82, 2.24) is 0 Å². The van der Waals surface area contributed by atoms with Crippen molar-refractivity contribution in [2.45, 2.75) is 31.7 Å². The van der Waals surface area contributed by atoms with E-state index in [0.717, 1.165) is 27.8 Å². The van der Waals surface area contributed by atoms with Crippen LogP contribution in [0.5, 0.6) is 0 Å². The van der Waals surface area contributed by atoms with Crippen molar-refractivity contribution in [3.63, 3.8) is 0 Å². The van der Waals surface area contributed by atoms with Gasteiger partial charge < -0.3 is 17.9 Å². The molecule has 0 bridgehead atoms. The van der Waals surface area contributed by atoms with Gasteiger partial charge in [0.2, 0.25) is 0 Å². The van der Waals surface area contributed by atoms with Crippen LogP contribution in [0, 0.1) is 21.3 Å². The molecule has 31 heavy (non-hydrogen) atoms. The fourth-order valence-electron chi connectivity index (χ4n) is 3.17. The van der Waals surface area contributed by atoms with Crippen LogP contribution in [0.4, 0.5) is 0 Å². The van der Waals surface area contributed by atoms with Crippen molar-refractivity contribution >= 4 is 19.7 Å². The van der Waals surface area contributed by atoms with Crippen molar-refractivity contribution in [3.05, 3.63) is 125 Å². The zero-order valence-corrected chi connectivity index (χ0v) is 21.1. The van der Waals surface area contributed by atoms with Gasteiger partial charge in [-0.25, -0.2) is 8.42 Å². The third-order valence-corrected chi connectivity index (χ3v) is 5.96. The Morgan fingerprint density at radius 3 is 1.97 bits per heavy atom. The molecule has 0 amide bonds. The Morgan fingerprint density at radius 1 is 0.903 bits per heavy atom. The fraction of sp³-hybridized carbons (Fsp3) is 0.208. The van der Waals surface area contributed by atoms with Crippen LogP contribution in [0.1, 0.15) is 39.9 Å². The van der Waals surface area contributed by atoms with Crippen LogP contribution in [0.2, 0.25) is 0 Å². The second-order valence-electron chi connectivity index (χ2n) is 7.01. The van der Waals surface area contributed by atoms with Gasteiger partial charge in [0.25, 0.3) is 0 Å². The molecule has 1 N–H and O–H groups in total. The molecule has 0 saturated carbocycles. The van der Waals surface area contributed by atoms with E-state index in [1.807, 2.05) is 110 Å². The molecule has 0 fully saturated rings. The van der Waals surface area contributed by atoms with E-state index in [4.69, 9.17) is 5.73 Å². The predicted octanol–water partition coefficient (Wildman–Crippen LogP) is 7.18. The number of nitrogens with zero attached hydrogens (tertiary/aromatic N) is 1. The summed E-state index contributed by atoms with van der Waals surface area (Å²) in [5, 5.41) is 0. The Kier molecular flexibility index (Phi) is 11.6. The Bertz CT molecular complexity index is 1030. The van der Waals surface area contributed by atoms with Gasteiger partial charge in [0.15, 0.2) is 0 Å². The van der Waals surface area contributed by atoms with Crippen LogP contribution in [-0.2, 0) is 33.1 Å². The summed E-state index contributed by atoms with van der Waals surface area (Å²) in [6.45, 7) is 3.84. The number of hydrogen-bond donors (Lipinski definition) is 0. The molecule has 0 aliphatic heterocycles. The first kappa shape index (κ1) is 27.5. The molecular formula is C24H27ClN2O2RuS. The van der Waals surface area contributed by atoms with E-state index in [0.29, 0.717) is 0 Å². The summed E-state index contributed by atoms with van der Waals surface area (Å²) in [6, 6.07) is 22.6. The van der Waals surface area contributed by atoms with Gasteiger partial charge in [-0.3, -0.25) is 0 Å². The summed E-state index contributed by atoms with van der Waals surface area (Å²) in [5.74, 6) is -0.161. The van der Waals surface area contributed by atoms with Crippen LogP contribution in [-0.4, -0.2) is 8.42 Å². The SMILES string of the molecule is Cc1ccc(C)c(CS(=O)(=O)[N-]C(c2ccccc2)C([NH-])c2ccccc2)c1.[CH3-].[Cl][Ru+3]. The van der Waals surface area contributed by atoms with Crippen molar-refractivity contribution < 1.29 is 25.7 Å². The predicted molar refractivity (Wildman–Crippen MR) is 127 cm³/mol. The summed E-state index contributed by atoms with van der Waals surface area (Å²) in [6.07, 6.45) is 0. The van der Waals surface area contributed by atoms with Crippen LogP contribution < -0.4 is 0 Å². The molecular weight excluding hydrogens is 517 g/mol. The minimum absolute atomic E-state index is 0. The van der Waals surface area contributed by atoms with E-state index in [-0.39, 0.29) is 13.2 Å². The van der Waals surface area contributed by atoms with Gasteiger partial charge in [-0.15, -0.1) is 12.1 Å². The molecule has 0 aromatic heterocycles. The van der Waals surface area contributed by atoms with E-state index in [2.05, 4.69) is 14.4 Å². The number of hydrogen-bond acceptors (Lipinski definition) is 2. The standard InChI is InChI=1S/C23H24N2O2S.CH3.ClH.Ru/c1-17-13-14-18(2)21(15-17)16-28(26,27)25-23(20-11-7-4-8-12-20)22(24)19-9-5-3-6-10-19;;;/h3-15,22-24H,16H2,1-2H3;1H3;1H;/q-2;-1;;+4/p-1. The summed E-state index contributed by atoms with van der Waals surface area (Å²) >= 11 is 1.82. The molecule has 0 aliphatic rings. The van der Waals surface area contributed by atoms with Gasteiger partial charge in [0.1, 0.15) is 0 Å². The maximum atomic E-state index is 12.9. The molecule has 0 saturated heterocycles. The summed E-state index contributed by atoms with van der Waals surface area (Å²) in [4.78, 5) is 0. The van der Waals surface area contributed by atoms with Gasteiger partial charge in [0.05, 0.1) is 15.8 Å². The summed E-state index contributed by atoms with van der Waals surface area (Å²) in [7, 11) is 0.800. The first-order chi connectivity index (χ1) is 14.4. The van der Waals surface area contributed by atoms with E-state index in [9.17, 15) is 8.42 Å². The molecule has 166 valence electrons. The van der Waals surface area contributed by atoms with E-state index < -0.39 is 22.1 Å². The number of benzene rings is 3. The second-order valence-corrected chi connectivity index (χ2v) is 8.67. The molecule has 3 aromatic carbocycles. The topological polar surface area (TPSA) is 72.0 Å². The van der Waals surface area contributed by atoms with E-state index >= 15 is 0 Å². The van der Waals surface area contributed by atoms with Gasteiger partial charge in [-0.2, -0.15) is 0 Å². The molecule has 3 aromatic rings. The first-order valence-corrected chi connectivity index (χ1v) is 13.2. The number of nitrogens with one attached hydrogen (secondary N) is 1. The van der Waals surface area contributed by atoms with Crippen molar-refractivity contribution in [2.75, 3.05) is 0 Å². The van der Waals surface area contributed by atoms with Crippen LogP contribution in [0.15, 0.2) is 78.9 Å². The molecule has 7 heteroatoms. The number of aryl methyl sites for hydroxylation is 2. The Hall–Kier alpha value is -1.56. The molecule has 0 heterocycles. The third kappa shape index (κ3) is 8.14. The third-order valence-electron chi connectivity index (χ3n) is 4.73. The van der Waals surface area contributed by atoms with Crippen molar-refractivity contribution in [1.29, 1.82) is 0 Å². The molecule has 2 unspecified atom stereocenters. The number of sulfonamides is 1. The zero-order valence-electron chi connectivity index (χ0n) is 17.8. The van der Waals surface area contributed by atoms with Crippen LogP contribution in [0.3, 0.4) is 0 Å². The average molecular weight is 544 g/mol. The number of halogens is 1. The van der Waals surface area contributed by atoms with Crippen LogP contribution >= 0.6 is 9.69 Å². The molecule has 3 rings (SSSR count). The van der Waals surface area contributed by atoms with Crippen molar-refractivity contribution in [3.8, 4) is 0 Å². The van der Waals surface area contributed by atoms with Gasteiger partial charge in [0, 0.05) is 0 Å². The van der Waals surface area contributed by atoms with Gasteiger partial charge >= 0.3 is 27.0 Å². The fourth-order valence-corrected chi connectivity index (χ4v) is 4.54.